The van der Waals surface area contributed by atoms with E-state index in [1.165, 1.54) is 13.0 Å². The Kier molecular flexibility index (Phi) is 6.69. The number of halogens is 1. The van der Waals surface area contributed by atoms with Crippen molar-refractivity contribution in [3.8, 4) is 5.75 Å². The fraction of sp³-hybridized carbons (Fsp3) is 0.174. The molecule has 1 atom stereocenters. The lowest BCUT2D eigenvalue weighted by atomic mass is 10.1. The summed E-state index contributed by atoms with van der Waals surface area (Å²) >= 11 is 6.48. The van der Waals surface area contributed by atoms with Gasteiger partial charge in [0, 0.05) is 11.1 Å². The first-order valence-corrected chi connectivity index (χ1v) is 9.71. The van der Waals surface area contributed by atoms with Crippen LogP contribution in [0.3, 0.4) is 0 Å². The zero-order valence-corrected chi connectivity index (χ0v) is 17.3. The van der Waals surface area contributed by atoms with Gasteiger partial charge in [0.1, 0.15) is 10.9 Å². The number of hydrogen-bond acceptors (Lipinski definition) is 4. The third-order valence-corrected chi connectivity index (χ3v) is 4.88. The highest BCUT2D eigenvalue weighted by molar-refractivity contribution is 6.31. The average Bonchev–Trinajstić information content (AvgIpc) is 3.00. The molecule has 0 aliphatic carbocycles. The SMILES string of the molecule is Cc1nn(Cc2ccccc2)c(Cl)c1/C=C/C(=O)c1ccc(OC(C)C(=O)O)cc1. The summed E-state index contributed by atoms with van der Waals surface area (Å²) in [5.74, 6) is -0.885. The van der Waals surface area contributed by atoms with Crippen molar-refractivity contribution in [2.45, 2.75) is 26.5 Å². The number of benzene rings is 2. The van der Waals surface area contributed by atoms with Crippen LogP contribution in [0.1, 0.15) is 34.1 Å². The molecule has 0 saturated heterocycles. The zero-order valence-electron chi connectivity index (χ0n) is 16.6. The van der Waals surface area contributed by atoms with Gasteiger partial charge in [-0.05, 0) is 55.8 Å². The van der Waals surface area contributed by atoms with E-state index in [0.717, 1.165) is 11.3 Å². The molecule has 0 aliphatic rings. The molecule has 3 rings (SSSR count). The third kappa shape index (κ3) is 5.15. The van der Waals surface area contributed by atoms with E-state index in [1.807, 2.05) is 37.3 Å². The van der Waals surface area contributed by atoms with Crippen LogP contribution in [-0.2, 0) is 11.3 Å². The highest BCUT2D eigenvalue weighted by Gasteiger charge is 2.14. The number of hydrogen-bond donors (Lipinski definition) is 1. The fourth-order valence-electron chi connectivity index (χ4n) is 2.83. The molecule has 1 aromatic heterocycles. The van der Waals surface area contributed by atoms with E-state index in [-0.39, 0.29) is 5.78 Å². The van der Waals surface area contributed by atoms with Gasteiger partial charge in [-0.1, -0.05) is 41.9 Å². The lowest BCUT2D eigenvalue weighted by Crippen LogP contribution is -2.22. The number of carboxylic acid groups (broad SMARTS) is 1. The molecular weight excluding hydrogens is 404 g/mol. The van der Waals surface area contributed by atoms with E-state index >= 15 is 0 Å². The number of ketones is 1. The monoisotopic (exact) mass is 424 g/mol. The molecule has 30 heavy (non-hydrogen) atoms. The Bertz CT molecular complexity index is 1070. The van der Waals surface area contributed by atoms with Crippen LogP contribution in [0.25, 0.3) is 6.08 Å². The number of aryl methyl sites for hydroxylation is 1. The second kappa shape index (κ2) is 9.41. The summed E-state index contributed by atoms with van der Waals surface area (Å²) in [4.78, 5) is 23.3. The summed E-state index contributed by atoms with van der Waals surface area (Å²) in [6.45, 7) is 3.82. The highest BCUT2D eigenvalue weighted by atomic mass is 35.5. The van der Waals surface area contributed by atoms with Crippen LogP contribution >= 0.6 is 11.6 Å². The molecule has 0 fully saturated rings. The summed E-state index contributed by atoms with van der Waals surface area (Å²) in [6.07, 6.45) is 2.13. The number of allylic oxidation sites excluding steroid dienone is 1. The highest BCUT2D eigenvalue weighted by Crippen LogP contribution is 2.23. The standard InChI is InChI=1S/C23H21ClN2O4/c1-15-20(22(24)26(25-15)14-17-6-4-3-5-7-17)12-13-21(27)18-8-10-19(11-9-18)30-16(2)23(28)29/h3-13,16H,14H2,1-2H3,(H,28,29)/b13-12+. The smallest absolute Gasteiger partial charge is 0.344 e. The molecule has 0 amide bonds. The number of nitrogens with zero attached hydrogens (tertiary/aromatic N) is 2. The molecule has 1 N–H and O–H groups in total. The molecule has 2 aromatic carbocycles. The van der Waals surface area contributed by atoms with E-state index < -0.39 is 12.1 Å². The lowest BCUT2D eigenvalue weighted by molar-refractivity contribution is -0.144. The van der Waals surface area contributed by atoms with E-state index in [0.29, 0.717) is 28.6 Å². The number of carbonyl (C=O) groups excluding carboxylic acids is 1. The fourth-order valence-corrected chi connectivity index (χ4v) is 3.12. The second-order valence-electron chi connectivity index (χ2n) is 6.75. The number of aliphatic carboxylic acids is 1. The third-order valence-electron chi connectivity index (χ3n) is 4.49. The van der Waals surface area contributed by atoms with Gasteiger partial charge in [0.25, 0.3) is 0 Å². The van der Waals surface area contributed by atoms with Gasteiger partial charge in [0.05, 0.1) is 12.2 Å². The molecule has 7 heteroatoms. The Morgan fingerprint density at radius 3 is 2.47 bits per heavy atom. The number of carboxylic acids is 1. The first kappa shape index (κ1) is 21.3. The Morgan fingerprint density at radius 2 is 1.83 bits per heavy atom. The molecule has 0 spiro atoms. The van der Waals surface area contributed by atoms with E-state index in [2.05, 4.69) is 5.10 Å². The Labute approximate surface area is 179 Å². The van der Waals surface area contributed by atoms with Crippen molar-refractivity contribution in [2.24, 2.45) is 0 Å². The average molecular weight is 425 g/mol. The molecule has 6 nitrogen and oxygen atoms in total. The van der Waals surface area contributed by atoms with Gasteiger partial charge in [0.15, 0.2) is 11.9 Å². The minimum absolute atomic E-state index is 0.209. The Balaban J connectivity index is 1.71. The summed E-state index contributed by atoms with van der Waals surface area (Å²) < 4.78 is 6.97. The topological polar surface area (TPSA) is 81.4 Å². The van der Waals surface area contributed by atoms with Gasteiger partial charge in [0.2, 0.25) is 0 Å². The van der Waals surface area contributed by atoms with Crippen molar-refractivity contribution in [1.82, 2.24) is 9.78 Å². The summed E-state index contributed by atoms with van der Waals surface area (Å²) in [6, 6.07) is 16.2. The number of ether oxygens (including phenoxy) is 1. The van der Waals surface area contributed by atoms with Crippen LogP contribution < -0.4 is 4.74 Å². The maximum Gasteiger partial charge on any atom is 0.344 e. The molecule has 0 bridgehead atoms. The van der Waals surface area contributed by atoms with Gasteiger partial charge in [-0.25, -0.2) is 9.48 Å². The van der Waals surface area contributed by atoms with Gasteiger partial charge < -0.3 is 9.84 Å². The van der Waals surface area contributed by atoms with Crippen molar-refractivity contribution >= 4 is 29.4 Å². The molecule has 0 radical (unpaired) electrons. The summed E-state index contributed by atoms with van der Waals surface area (Å²) in [5.41, 5.74) is 2.95. The molecule has 3 aromatic rings. The molecule has 154 valence electrons. The predicted molar refractivity (Wildman–Crippen MR) is 115 cm³/mol. The molecule has 0 saturated carbocycles. The zero-order chi connectivity index (χ0) is 21.7. The van der Waals surface area contributed by atoms with Crippen LogP contribution in [0, 0.1) is 6.92 Å². The number of rotatable bonds is 8. The van der Waals surface area contributed by atoms with Crippen LogP contribution in [0.4, 0.5) is 0 Å². The van der Waals surface area contributed by atoms with E-state index in [9.17, 15) is 9.59 Å². The van der Waals surface area contributed by atoms with Crippen molar-refractivity contribution in [2.75, 3.05) is 0 Å². The van der Waals surface area contributed by atoms with Crippen LogP contribution in [0.15, 0.2) is 60.7 Å². The Hall–Kier alpha value is -3.38. The van der Waals surface area contributed by atoms with Crippen molar-refractivity contribution in [1.29, 1.82) is 0 Å². The summed E-state index contributed by atoms with van der Waals surface area (Å²) in [7, 11) is 0. The maximum atomic E-state index is 12.5. The molecule has 0 aliphatic heterocycles. The van der Waals surface area contributed by atoms with Gasteiger partial charge in [-0.3, -0.25) is 4.79 Å². The Morgan fingerprint density at radius 1 is 1.17 bits per heavy atom. The van der Waals surface area contributed by atoms with Crippen molar-refractivity contribution in [3.63, 3.8) is 0 Å². The minimum Gasteiger partial charge on any atom is -0.479 e. The summed E-state index contributed by atoms with van der Waals surface area (Å²) in [5, 5.41) is 13.8. The second-order valence-corrected chi connectivity index (χ2v) is 7.11. The molecule has 1 unspecified atom stereocenters. The normalized spacial score (nSPS) is 12.1. The first-order valence-electron chi connectivity index (χ1n) is 9.34. The van der Waals surface area contributed by atoms with Gasteiger partial charge in [-0.2, -0.15) is 5.10 Å². The van der Waals surface area contributed by atoms with Crippen molar-refractivity contribution < 1.29 is 19.4 Å². The van der Waals surface area contributed by atoms with Gasteiger partial charge >= 0.3 is 5.97 Å². The predicted octanol–water partition coefficient (Wildman–Crippen LogP) is 4.64. The van der Waals surface area contributed by atoms with Crippen molar-refractivity contribution in [3.05, 3.63) is 88.2 Å². The van der Waals surface area contributed by atoms with Crippen LogP contribution in [0.5, 0.6) is 5.75 Å². The number of aromatic nitrogens is 2. The molecular formula is C23H21ClN2O4. The van der Waals surface area contributed by atoms with Crippen LogP contribution in [-0.4, -0.2) is 32.7 Å². The minimum atomic E-state index is -1.06. The van der Waals surface area contributed by atoms with E-state index in [4.69, 9.17) is 21.4 Å². The van der Waals surface area contributed by atoms with Gasteiger partial charge in [-0.15, -0.1) is 0 Å². The largest absolute Gasteiger partial charge is 0.479 e. The van der Waals surface area contributed by atoms with Crippen LogP contribution in [0.2, 0.25) is 5.15 Å². The quantitative estimate of drug-likeness (QED) is 0.420. The van der Waals surface area contributed by atoms with E-state index in [1.54, 1.807) is 35.0 Å². The molecule has 1 heterocycles. The number of carbonyl (C=O) groups is 2. The maximum absolute atomic E-state index is 12.5. The first-order chi connectivity index (χ1) is 14.3. The lowest BCUT2D eigenvalue weighted by Gasteiger charge is -2.10.